The fourth-order valence-electron chi connectivity index (χ4n) is 2.54. The molecule has 0 saturated heterocycles. The van der Waals surface area contributed by atoms with Gasteiger partial charge in [0.05, 0.1) is 5.52 Å². The number of rotatable bonds is 5. The van der Waals surface area contributed by atoms with Crippen molar-refractivity contribution in [3.63, 3.8) is 0 Å². The van der Waals surface area contributed by atoms with Crippen LogP contribution in [0.1, 0.15) is 11.1 Å². The van der Waals surface area contributed by atoms with Crippen LogP contribution in [0.3, 0.4) is 0 Å². The first-order chi connectivity index (χ1) is 10.3. The van der Waals surface area contributed by atoms with Crippen LogP contribution in [0.4, 0.5) is 0 Å². The summed E-state index contributed by atoms with van der Waals surface area (Å²) in [5, 5.41) is 1.25. The Morgan fingerprint density at radius 2 is 1.81 bits per heavy atom. The van der Waals surface area contributed by atoms with E-state index in [1.807, 2.05) is 24.7 Å². The highest BCUT2D eigenvalue weighted by molar-refractivity contribution is 5.81. The molecule has 1 aromatic carbocycles. The van der Waals surface area contributed by atoms with Gasteiger partial charge in [-0.05, 0) is 48.9 Å². The van der Waals surface area contributed by atoms with Crippen molar-refractivity contribution in [1.29, 1.82) is 0 Å². The van der Waals surface area contributed by atoms with Gasteiger partial charge in [0.15, 0.2) is 0 Å². The molecule has 21 heavy (non-hydrogen) atoms. The predicted molar refractivity (Wildman–Crippen MR) is 86.0 cm³/mol. The molecule has 106 valence electrons. The number of fused-ring (bicyclic) bond motifs is 1. The largest absolute Gasteiger partial charge is 0.302 e. The van der Waals surface area contributed by atoms with Crippen molar-refractivity contribution in [2.24, 2.45) is 0 Å². The van der Waals surface area contributed by atoms with Gasteiger partial charge in [0.25, 0.3) is 0 Å². The van der Waals surface area contributed by atoms with Crippen molar-refractivity contribution in [2.45, 2.75) is 13.0 Å². The number of hydrogen-bond donors (Lipinski definition) is 0. The Balaban J connectivity index is 1.67. The molecule has 0 bridgehead atoms. The zero-order chi connectivity index (χ0) is 14.5. The number of pyridine rings is 2. The van der Waals surface area contributed by atoms with Crippen molar-refractivity contribution in [2.75, 3.05) is 13.6 Å². The van der Waals surface area contributed by atoms with Crippen molar-refractivity contribution >= 4 is 10.9 Å². The quantitative estimate of drug-likeness (QED) is 0.716. The molecule has 0 aliphatic rings. The van der Waals surface area contributed by atoms with E-state index in [9.17, 15) is 0 Å². The standard InChI is InChI=1S/C18H19N3/c1-21(13-9-15-7-11-19-12-8-15)14-16-4-2-6-18-17(16)5-3-10-20-18/h2-8,10-12H,9,13-14H2,1H3. The number of nitrogens with zero attached hydrogens (tertiary/aromatic N) is 3. The first kappa shape index (κ1) is 13.7. The Bertz CT molecular complexity index is 704. The van der Waals surface area contributed by atoms with E-state index in [-0.39, 0.29) is 0 Å². The topological polar surface area (TPSA) is 29.0 Å². The summed E-state index contributed by atoms with van der Waals surface area (Å²) in [5.41, 5.74) is 3.73. The molecule has 3 heteroatoms. The highest BCUT2D eigenvalue weighted by Gasteiger charge is 2.05. The molecule has 0 aliphatic heterocycles. The summed E-state index contributed by atoms with van der Waals surface area (Å²) < 4.78 is 0. The minimum Gasteiger partial charge on any atom is -0.302 e. The average molecular weight is 277 g/mol. The van der Waals surface area contributed by atoms with E-state index >= 15 is 0 Å². The smallest absolute Gasteiger partial charge is 0.0705 e. The van der Waals surface area contributed by atoms with E-state index in [2.05, 4.69) is 58.3 Å². The third-order valence-electron chi connectivity index (χ3n) is 3.71. The molecular weight excluding hydrogens is 258 g/mol. The maximum Gasteiger partial charge on any atom is 0.0705 e. The van der Waals surface area contributed by atoms with Gasteiger partial charge in [-0.2, -0.15) is 0 Å². The fraction of sp³-hybridized carbons (Fsp3) is 0.222. The van der Waals surface area contributed by atoms with Gasteiger partial charge in [0.1, 0.15) is 0 Å². The number of aromatic nitrogens is 2. The Labute approximate surface area is 125 Å². The normalized spacial score (nSPS) is 11.1. The number of hydrogen-bond acceptors (Lipinski definition) is 3. The highest BCUT2D eigenvalue weighted by Crippen LogP contribution is 2.17. The molecule has 3 nitrogen and oxygen atoms in total. The lowest BCUT2D eigenvalue weighted by molar-refractivity contribution is 0.332. The summed E-state index contributed by atoms with van der Waals surface area (Å²) in [4.78, 5) is 10.8. The van der Waals surface area contributed by atoms with E-state index in [0.717, 1.165) is 25.0 Å². The first-order valence-electron chi connectivity index (χ1n) is 7.23. The Kier molecular flexibility index (Phi) is 4.22. The van der Waals surface area contributed by atoms with Crippen LogP contribution in [-0.2, 0) is 13.0 Å². The molecule has 0 spiro atoms. The fourth-order valence-corrected chi connectivity index (χ4v) is 2.54. The van der Waals surface area contributed by atoms with Gasteiger partial charge in [0, 0.05) is 37.1 Å². The van der Waals surface area contributed by atoms with Gasteiger partial charge in [-0.3, -0.25) is 9.97 Å². The lowest BCUT2D eigenvalue weighted by Gasteiger charge is -2.17. The van der Waals surface area contributed by atoms with Crippen LogP contribution in [0.15, 0.2) is 61.1 Å². The summed E-state index contributed by atoms with van der Waals surface area (Å²) in [6.07, 6.45) is 6.60. The van der Waals surface area contributed by atoms with Gasteiger partial charge >= 0.3 is 0 Å². The average Bonchev–Trinajstić information content (AvgIpc) is 2.54. The molecule has 0 fully saturated rings. The summed E-state index contributed by atoms with van der Waals surface area (Å²) in [6.45, 7) is 1.97. The molecule has 3 aromatic rings. The molecule has 0 N–H and O–H groups in total. The van der Waals surface area contributed by atoms with Crippen LogP contribution in [-0.4, -0.2) is 28.5 Å². The molecule has 0 unspecified atom stereocenters. The molecular formula is C18H19N3. The van der Waals surface area contributed by atoms with Crippen molar-refractivity contribution in [1.82, 2.24) is 14.9 Å². The van der Waals surface area contributed by atoms with Crippen LogP contribution >= 0.6 is 0 Å². The molecule has 0 aliphatic carbocycles. The second kappa shape index (κ2) is 6.46. The Morgan fingerprint density at radius 1 is 0.952 bits per heavy atom. The first-order valence-corrected chi connectivity index (χ1v) is 7.23. The SMILES string of the molecule is CN(CCc1ccncc1)Cc1cccc2ncccc12. The van der Waals surface area contributed by atoms with Gasteiger partial charge in [-0.1, -0.05) is 18.2 Å². The Morgan fingerprint density at radius 3 is 2.67 bits per heavy atom. The summed E-state index contributed by atoms with van der Waals surface area (Å²) in [7, 11) is 2.16. The van der Waals surface area contributed by atoms with Crippen LogP contribution in [0.25, 0.3) is 10.9 Å². The monoisotopic (exact) mass is 277 g/mol. The van der Waals surface area contributed by atoms with Gasteiger partial charge < -0.3 is 4.90 Å². The van der Waals surface area contributed by atoms with E-state index in [4.69, 9.17) is 0 Å². The maximum atomic E-state index is 4.42. The second-order valence-corrected chi connectivity index (χ2v) is 5.33. The molecule has 0 radical (unpaired) electrons. The van der Waals surface area contributed by atoms with Crippen LogP contribution in [0, 0.1) is 0 Å². The lowest BCUT2D eigenvalue weighted by atomic mass is 10.1. The van der Waals surface area contributed by atoms with Crippen LogP contribution in [0.5, 0.6) is 0 Å². The lowest BCUT2D eigenvalue weighted by Crippen LogP contribution is -2.20. The third kappa shape index (κ3) is 3.44. The Hall–Kier alpha value is -2.26. The molecule has 2 heterocycles. The van der Waals surface area contributed by atoms with E-state index in [1.54, 1.807) is 0 Å². The number of likely N-dealkylation sites (N-methyl/N-ethyl adjacent to an activating group) is 1. The molecule has 0 saturated carbocycles. The molecule has 0 atom stereocenters. The minimum absolute atomic E-state index is 0.939. The zero-order valence-electron chi connectivity index (χ0n) is 12.2. The summed E-state index contributed by atoms with van der Waals surface area (Å²) in [5.74, 6) is 0. The van der Waals surface area contributed by atoms with Gasteiger partial charge in [-0.25, -0.2) is 0 Å². The van der Waals surface area contributed by atoms with Crippen LogP contribution < -0.4 is 0 Å². The van der Waals surface area contributed by atoms with E-state index in [1.165, 1.54) is 16.5 Å². The maximum absolute atomic E-state index is 4.42. The van der Waals surface area contributed by atoms with E-state index in [0.29, 0.717) is 0 Å². The van der Waals surface area contributed by atoms with Crippen LogP contribution in [0.2, 0.25) is 0 Å². The van der Waals surface area contributed by atoms with Crippen molar-refractivity contribution in [3.8, 4) is 0 Å². The minimum atomic E-state index is 0.939. The molecule has 2 aromatic heterocycles. The predicted octanol–water partition coefficient (Wildman–Crippen LogP) is 3.30. The number of benzene rings is 1. The van der Waals surface area contributed by atoms with Gasteiger partial charge in [-0.15, -0.1) is 0 Å². The van der Waals surface area contributed by atoms with Crippen molar-refractivity contribution < 1.29 is 0 Å². The highest BCUT2D eigenvalue weighted by atomic mass is 15.1. The zero-order valence-corrected chi connectivity index (χ0v) is 12.2. The van der Waals surface area contributed by atoms with Crippen molar-refractivity contribution in [3.05, 3.63) is 72.2 Å². The second-order valence-electron chi connectivity index (χ2n) is 5.33. The molecule has 3 rings (SSSR count). The third-order valence-corrected chi connectivity index (χ3v) is 3.71. The summed E-state index contributed by atoms with van der Waals surface area (Å²) in [6, 6.07) is 14.6. The van der Waals surface area contributed by atoms with E-state index < -0.39 is 0 Å². The van der Waals surface area contributed by atoms with Gasteiger partial charge in [0.2, 0.25) is 0 Å². The molecule has 0 amide bonds. The summed E-state index contributed by atoms with van der Waals surface area (Å²) >= 11 is 0.